The van der Waals surface area contributed by atoms with Gasteiger partial charge in [-0.15, -0.1) is 0 Å². The molecule has 6 nitrogen and oxygen atoms in total. The van der Waals surface area contributed by atoms with Crippen molar-refractivity contribution in [2.75, 3.05) is 40.5 Å². The van der Waals surface area contributed by atoms with Gasteiger partial charge in [0, 0.05) is 18.7 Å². The molecular formula is C14H18ClNO5. The van der Waals surface area contributed by atoms with Crippen molar-refractivity contribution in [3.8, 4) is 11.5 Å². The summed E-state index contributed by atoms with van der Waals surface area (Å²) in [5.74, 6) is -0.139. The SMILES string of the molecule is COc1ccc(C(C(=O)O)N2CCOCC2)c(Cl)c1OC. The lowest BCUT2D eigenvalue weighted by Gasteiger charge is -2.32. The Morgan fingerprint density at radius 1 is 1.33 bits per heavy atom. The highest BCUT2D eigenvalue weighted by Gasteiger charge is 2.32. The van der Waals surface area contributed by atoms with Crippen LogP contribution in [-0.2, 0) is 9.53 Å². The summed E-state index contributed by atoms with van der Waals surface area (Å²) in [5, 5.41) is 9.84. The Morgan fingerprint density at radius 3 is 2.52 bits per heavy atom. The molecule has 0 aliphatic carbocycles. The lowest BCUT2D eigenvalue weighted by atomic mass is 10.0. The third-order valence-electron chi connectivity index (χ3n) is 3.45. The maximum atomic E-state index is 11.7. The van der Waals surface area contributed by atoms with Crippen LogP contribution in [0.15, 0.2) is 12.1 Å². The minimum atomic E-state index is -0.953. The highest BCUT2D eigenvalue weighted by Crippen LogP contribution is 2.41. The second-order valence-electron chi connectivity index (χ2n) is 4.59. The highest BCUT2D eigenvalue weighted by atomic mass is 35.5. The van der Waals surface area contributed by atoms with E-state index in [0.717, 1.165) is 0 Å². The van der Waals surface area contributed by atoms with Crippen molar-refractivity contribution in [1.82, 2.24) is 4.90 Å². The molecule has 0 spiro atoms. The van der Waals surface area contributed by atoms with Gasteiger partial charge in [-0.2, -0.15) is 0 Å². The Balaban J connectivity index is 2.43. The van der Waals surface area contributed by atoms with Crippen LogP contribution < -0.4 is 9.47 Å². The van der Waals surface area contributed by atoms with E-state index in [1.54, 1.807) is 12.1 Å². The van der Waals surface area contributed by atoms with E-state index in [0.29, 0.717) is 43.4 Å². The number of benzene rings is 1. The lowest BCUT2D eigenvalue weighted by Crippen LogP contribution is -2.42. The normalized spacial score (nSPS) is 17.3. The number of morpholine rings is 1. The largest absolute Gasteiger partial charge is 0.493 e. The predicted molar refractivity (Wildman–Crippen MR) is 77.3 cm³/mol. The monoisotopic (exact) mass is 315 g/mol. The molecule has 0 aromatic heterocycles. The summed E-state index contributed by atoms with van der Waals surface area (Å²) in [4.78, 5) is 13.5. The number of aliphatic carboxylic acids is 1. The first kappa shape index (κ1) is 15.9. The molecule has 1 heterocycles. The molecule has 1 atom stereocenters. The van der Waals surface area contributed by atoms with Gasteiger partial charge in [0.15, 0.2) is 11.5 Å². The highest BCUT2D eigenvalue weighted by molar-refractivity contribution is 6.33. The van der Waals surface area contributed by atoms with Crippen LogP contribution in [0.3, 0.4) is 0 Å². The van der Waals surface area contributed by atoms with Crippen molar-refractivity contribution >= 4 is 17.6 Å². The molecule has 0 amide bonds. The molecule has 7 heteroatoms. The number of rotatable bonds is 5. The molecule has 0 saturated carbocycles. The van der Waals surface area contributed by atoms with E-state index < -0.39 is 12.0 Å². The molecule has 0 radical (unpaired) electrons. The number of hydrogen-bond donors (Lipinski definition) is 1. The number of methoxy groups -OCH3 is 2. The Kier molecular flexibility index (Phi) is 5.27. The van der Waals surface area contributed by atoms with Crippen LogP contribution in [0.4, 0.5) is 0 Å². The maximum absolute atomic E-state index is 11.7. The second-order valence-corrected chi connectivity index (χ2v) is 4.97. The third-order valence-corrected chi connectivity index (χ3v) is 3.84. The summed E-state index contributed by atoms with van der Waals surface area (Å²) in [6.45, 7) is 2.10. The van der Waals surface area contributed by atoms with Gasteiger partial charge in [-0.1, -0.05) is 17.7 Å². The fourth-order valence-electron chi connectivity index (χ4n) is 2.44. The van der Waals surface area contributed by atoms with Crippen LogP contribution in [0, 0.1) is 0 Å². The van der Waals surface area contributed by atoms with Crippen LogP contribution in [0.5, 0.6) is 11.5 Å². The minimum Gasteiger partial charge on any atom is -0.493 e. The smallest absolute Gasteiger partial charge is 0.325 e. The van der Waals surface area contributed by atoms with E-state index in [-0.39, 0.29) is 5.02 Å². The van der Waals surface area contributed by atoms with Crippen molar-refractivity contribution in [2.24, 2.45) is 0 Å². The van der Waals surface area contributed by atoms with Crippen molar-refractivity contribution in [1.29, 1.82) is 0 Å². The van der Waals surface area contributed by atoms with Gasteiger partial charge >= 0.3 is 5.97 Å². The number of carbonyl (C=O) groups is 1. The number of carboxylic acids is 1. The van der Waals surface area contributed by atoms with Gasteiger partial charge in [-0.05, 0) is 6.07 Å². The molecule has 1 aliphatic rings. The van der Waals surface area contributed by atoms with Crippen molar-refractivity contribution in [3.05, 3.63) is 22.7 Å². The molecule has 1 aliphatic heterocycles. The lowest BCUT2D eigenvalue weighted by molar-refractivity contribution is -0.145. The van der Waals surface area contributed by atoms with Crippen LogP contribution in [0.2, 0.25) is 5.02 Å². The zero-order valence-corrected chi connectivity index (χ0v) is 12.7. The quantitative estimate of drug-likeness (QED) is 0.894. The summed E-state index contributed by atoms with van der Waals surface area (Å²) >= 11 is 6.32. The van der Waals surface area contributed by atoms with Gasteiger partial charge < -0.3 is 19.3 Å². The average Bonchev–Trinajstić information content (AvgIpc) is 2.49. The molecule has 2 rings (SSSR count). The predicted octanol–water partition coefficient (Wildman–Crippen LogP) is 1.82. The Morgan fingerprint density at radius 2 is 2.00 bits per heavy atom. The first-order chi connectivity index (χ1) is 10.1. The van der Waals surface area contributed by atoms with Crippen molar-refractivity contribution in [2.45, 2.75) is 6.04 Å². The maximum Gasteiger partial charge on any atom is 0.325 e. The number of hydrogen-bond acceptors (Lipinski definition) is 5. The number of carboxylic acid groups (broad SMARTS) is 1. The fourth-order valence-corrected chi connectivity index (χ4v) is 2.77. The molecule has 1 aromatic carbocycles. The first-order valence-corrected chi connectivity index (χ1v) is 6.93. The van der Waals surface area contributed by atoms with Gasteiger partial charge in [-0.3, -0.25) is 9.69 Å². The number of nitrogens with zero attached hydrogens (tertiary/aromatic N) is 1. The number of halogens is 1. The molecule has 1 unspecified atom stereocenters. The third kappa shape index (κ3) is 3.23. The van der Waals surface area contributed by atoms with Crippen LogP contribution in [0.25, 0.3) is 0 Å². The molecule has 1 aromatic rings. The molecular weight excluding hydrogens is 298 g/mol. The van der Waals surface area contributed by atoms with Gasteiger partial charge in [0.2, 0.25) is 0 Å². The molecule has 1 saturated heterocycles. The fraction of sp³-hybridized carbons (Fsp3) is 0.500. The Labute approximate surface area is 128 Å². The van der Waals surface area contributed by atoms with E-state index >= 15 is 0 Å². The van der Waals surface area contributed by atoms with Crippen LogP contribution in [0.1, 0.15) is 11.6 Å². The molecule has 1 N–H and O–H groups in total. The van der Waals surface area contributed by atoms with Crippen LogP contribution in [-0.4, -0.2) is 56.5 Å². The zero-order valence-electron chi connectivity index (χ0n) is 12.0. The second kappa shape index (κ2) is 6.98. The van der Waals surface area contributed by atoms with Crippen molar-refractivity contribution in [3.63, 3.8) is 0 Å². The summed E-state index contributed by atoms with van der Waals surface area (Å²) < 4.78 is 15.7. The molecule has 1 fully saturated rings. The van der Waals surface area contributed by atoms with Gasteiger partial charge in [-0.25, -0.2) is 0 Å². The van der Waals surface area contributed by atoms with E-state index in [4.69, 9.17) is 25.8 Å². The summed E-state index contributed by atoms with van der Waals surface area (Å²) in [6, 6.07) is 2.50. The summed E-state index contributed by atoms with van der Waals surface area (Å²) in [5.41, 5.74) is 0.490. The Bertz CT molecular complexity index is 516. The standard InChI is InChI=1S/C14H18ClNO5/c1-19-10-4-3-9(11(15)13(10)20-2)12(14(17)18)16-5-7-21-8-6-16/h3-4,12H,5-8H2,1-2H3,(H,17,18). The average molecular weight is 316 g/mol. The number of ether oxygens (including phenoxy) is 3. The van der Waals surface area contributed by atoms with E-state index in [1.807, 2.05) is 4.90 Å². The Hall–Kier alpha value is -1.50. The summed E-state index contributed by atoms with van der Waals surface area (Å²) in [6.07, 6.45) is 0. The zero-order chi connectivity index (χ0) is 15.4. The van der Waals surface area contributed by atoms with Crippen LogP contribution >= 0.6 is 11.6 Å². The van der Waals surface area contributed by atoms with Gasteiger partial charge in [0.05, 0.1) is 32.5 Å². The topological polar surface area (TPSA) is 68.2 Å². The molecule has 21 heavy (non-hydrogen) atoms. The van der Waals surface area contributed by atoms with E-state index in [9.17, 15) is 9.90 Å². The molecule has 116 valence electrons. The minimum absolute atomic E-state index is 0.260. The van der Waals surface area contributed by atoms with Gasteiger partial charge in [0.25, 0.3) is 0 Å². The van der Waals surface area contributed by atoms with Crippen molar-refractivity contribution < 1.29 is 24.1 Å². The van der Waals surface area contributed by atoms with E-state index in [2.05, 4.69) is 0 Å². The first-order valence-electron chi connectivity index (χ1n) is 6.55. The molecule has 0 bridgehead atoms. The summed E-state index contributed by atoms with van der Waals surface area (Å²) in [7, 11) is 2.97. The van der Waals surface area contributed by atoms with Gasteiger partial charge in [0.1, 0.15) is 6.04 Å². The van der Waals surface area contributed by atoms with E-state index in [1.165, 1.54) is 14.2 Å².